The number of carboxylic acid groups (broad SMARTS) is 3. The first-order chi connectivity index (χ1) is 10.4. The van der Waals surface area contributed by atoms with Gasteiger partial charge in [-0.2, -0.15) is 0 Å². The summed E-state index contributed by atoms with van der Waals surface area (Å²) in [6.45, 7) is 0. The van der Waals surface area contributed by atoms with E-state index in [0.29, 0.717) is 5.56 Å². The van der Waals surface area contributed by atoms with Gasteiger partial charge in [0.05, 0.1) is 5.56 Å². The van der Waals surface area contributed by atoms with Gasteiger partial charge in [-0.3, -0.25) is 4.79 Å². The number of furan rings is 1. The third kappa shape index (κ3) is 3.32. The van der Waals surface area contributed by atoms with Crippen LogP contribution in [-0.4, -0.2) is 33.2 Å². The third-order valence-corrected chi connectivity index (χ3v) is 3.12. The van der Waals surface area contributed by atoms with E-state index in [1.165, 1.54) is 36.4 Å². The Morgan fingerprint density at radius 1 is 0.909 bits per heavy atom. The van der Waals surface area contributed by atoms with Crippen LogP contribution in [0.4, 0.5) is 0 Å². The topological polar surface area (TPSA) is 125 Å². The number of aromatic carboxylic acids is 2. The van der Waals surface area contributed by atoms with Crippen LogP contribution >= 0.6 is 0 Å². The Labute approximate surface area is 124 Å². The van der Waals surface area contributed by atoms with Crippen LogP contribution in [0.3, 0.4) is 0 Å². The van der Waals surface area contributed by atoms with Gasteiger partial charge in [-0.25, -0.2) is 9.59 Å². The number of benzene rings is 1. The van der Waals surface area contributed by atoms with E-state index in [4.69, 9.17) is 14.6 Å². The maximum atomic E-state index is 11.4. The minimum atomic E-state index is -1.28. The van der Waals surface area contributed by atoms with Crippen molar-refractivity contribution in [2.75, 3.05) is 0 Å². The fourth-order valence-electron chi connectivity index (χ4n) is 1.98. The van der Waals surface area contributed by atoms with Gasteiger partial charge in [0, 0.05) is 0 Å². The molecular weight excluding hydrogens is 292 g/mol. The molecule has 7 heteroatoms. The standard InChI is InChI=1S/C15H12O7/c16-13(17)9-3-1-8(2-4-9)7-10(14(18)19)11-5-6-12(22-11)15(20)21/h1-6,10H,7H2,(H,16,17)(H,18,19)(H,20,21). The second-order valence-corrected chi connectivity index (χ2v) is 4.60. The van der Waals surface area contributed by atoms with Gasteiger partial charge in [-0.05, 0) is 36.2 Å². The summed E-state index contributed by atoms with van der Waals surface area (Å²) in [5.41, 5.74) is 0.701. The predicted molar refractivity (Wildman–Crippen MR) is 73.1 cm³/mol. The highest BCUT2D eigenvalue weighted by Gasteiger charge is 2.25. The Bertz CT molecular complexity index is 712. The molecule has 1 heterocycles. The van der Waals surface area contributed by atoms with Gasteiger partial charge in [0.1, 0.15) is 11.7 Å². The number of carboxylic acids is 3. The third-order valence-electron chi connectivity index (χ3n) is 3.12. The molecule has 0 aliphatic carbocycles. The minimum absolute atomic E-state index is 0.0345. The lowest BCUT2D eigenvalue weighted by Gasteiger charge is -2.10. The van der Waals surface area contributed by atoms with E-state index < -0.39 is 23.8 Å². The van der Waals surface area contributed by atoms with Gasteiger partial charge in [0.15, 0.2) is 0 Å². The summed E-state index contributed by atoms with van der Waals surface area (Å²) in [6, 6.07) is 8.29. The van der Waals surface area contributed by atoms with Gasteiger partial charge in [-0.1, -0.05) is 12.1 Å². The van der Waals surface area contributed by atoms with Crippen molar-refractivity contribution in [2.24, 2.45) is 0 Å². The van der Waals surface area contributed by atoms with Crippen LogP contribution < -0.4 is 0 Å². The van der Waals surface area contributed by atoms with Crippen molar-refractivity contribution in [3.63, 3.8) is 0 Å². The van der Waals surface area contributed by atoms with Gasteiger partial charge in [0.2, 0.25) is 5.76 Å². The molecule has 1 atom stereocenters. The van der Waals surface area contributed by atoms with Crippen molar-refractivity contribution >= 4 is 17.9 Å². The summed E-state index contributed by atoms with van der Waals surface area (Å²) in [6.07, 6.45) is 0.0573. The molecule has 0 fully saturated rings. The molecule has 0 saturated heterocycles. The molecule has 1 aromatic carbocycles. The summed E-state index contributed by atoms with van der Waals surface area (Å²) in [5.74, 6) is -4.85. The lowest BCUT2D eigenvalue weighted by molar-refractivity contribution is -0.139. The van der Waals surface area contributed by atoms with Crippen molar-refractivity contribution in [3.8, 4) is 0 Å². The van der Waals surface area contributed by atoms with Crippen LogP contribution in [-0.2, 0) is 11.2 Å². The van der Waals surface area contributed by atoms with E-state index in [0.717, 1.165) is 0 Å². The summed E-state index contributed by atoms with van der Waals surface area (Å²) in [5, 5.41) is 26.9. The summed E-state index contributed by atoms with van der Waals surface area (Å²) < 4.78 is 5.03. The molecule has 0 saturated carbocycles. The van der Waals surface area contributed by atoms with E-state index in [9.17, 15) is 19.5 Å². The lowest BCUT2D eigenvalue weighted by atomic mass is 9.96. The Balaban J connectivity index is 2.23. The first kappa shape index (κ1) is 15.3. The highest BCUT2D eigenvalue weighted by molar-refractivity contribution is 5.87. The highest BCUT2D eigenvalue weighted by atomic mass is 16.4. The molecule has 114 valence electrons. The van der Waals surface area contributed by atoms with E-state index in [1.807, 2.05) is 0 Å². The first-order valence-corrected chi connectivity index (χ1v) is 6.26. The second kappa shape index (κ2) is 6.13. The maximum absolute atomic E-state index is 11.4. The maximum Gasteiger partial charge on any atom is 0.371 e. The molecule has 0 aliphatic heterocycles. The van der Waals surface area contributed by atoms with Crippen molar-refractivity contribution in [3.05, 3.63) is 59.0 Å². The zero-order chi connectivity index (χ0) is 16.3. The van der Waals surface area contributed by atoms with Crippen molar-refractivity contribution in [1.82, 2.24) is 0 Å². The zero-order valence-corrected chi connectivity index (χ0v) is 11.2. The van der Waals surface area contributed by atoms with Crippen molar-refractivity contribution < 1.29 is 34.1 Å². The number of rotatable bonds is 6. The molecular formula is C15H12O7. The normalized spacial score (nSPS) is 11.8. The van der Waals surface area contributed by atoms with E-state index in [2.05, 4.69) is 0 Å². The molecule has 0 aliphatic rings. The monoisotopic (exact) mass is 304 g/mol. The summed E-state index contributed by atoms with van der Waals surface area (Å²) >= 11 is 0. The zero-order valence-electron chi connectivity index (χ0n) is 11.2. The molecule has 2 rings (SSSR count). The molecule has 1 unspecified atom stereocenters. The molecule has 7 nitrogen and oxygen atoms in total. The minimum Gasteiger partial charge on any atom is -0.481 e. The molecule has 22 heavy (non-hydrogen) atoms. The highest BCUT2D eigenvalue weighted by Crippen LogP contribution is 2.24. The number of hydrogen-bond acceptors (Lipinski definition) is 4. The molecule has 3 N–H and O–H groups in total. The van der Waals surface area contributed by atoms with Crippen LogP contribution in [0.5, 0.6) is 0 Å². The number of carbonyl (C=O) groups is 3. The Morgan fingerprint density at radius 3 is 2.00 bits per heavy atom. The van der Waals surface area contributed by atoms with Crippen molar-refractivity contribution in [1.29, 1.82) is 0 Å². The Hall–Kier alpha value is -3.09. The quantitative estimate of drug-likeness (QED) is 0.746. The summed E-state index contributed by atoms with van der Waals surface area (Å²) in [4.78, 5) is 32.9. The average Bonchev–Trinajstić information content (AvgIpc) is 2.94. The van der Waals surface area contributed by atoms with E-state index >= 15 is 0 Å². The van der Waals surface area contributed by atoms with Gasteiger partial charge in [0.25, 0.3) is 0 Å². The molecule has 0 amide bonds. The second-order valence-electron chi connectivity index (χ2n) is 4.60. The first-order valence-electron chi connectivity index (χ1n) is 6.26. The predicted octanol–water partition coefficient (Wildman–Crippen LogP) is 2.09. The molecule has 0 radical (unpaired) electrons. The van der Waals surface area contributed by atoms with Crippen LogP contribution in [0.1, 0.15) is 38.2 Å². The van der Waals surface area contributed by atoms with E-state index in [1.54, 1.807) is 0 Å². The lowest BCUT2D eigenvalue weighted by Crippen LogP contribution is -2.14. The van der Waals surface area contributed by atoms with Crippen LogP contribution in [0, 0.1) is 0 Å². The van der Waals surface area contributed by atoms with Crippen LogP contribution in [0.2, 0.25) is 0 Å². The molecule has 0 bridgehead atoms. The Kier molecular flexibility index (Phi) is 4.26. The number of hydrogen-bond donors (Lipinski definition) is 3. The van der Waals surface area contributed by atoms with Crippen LogP contribution in [0.15, 0.2) is 40.8 Å². The van der Waals surface area contributed by atoms with Crippen LogP contribution in [0.25, 0.3) is 0 Å². The SMILES string of the molecule is O=C(O)c1ccc(CC(C(=O)O)c2ccc(C(=O)O)o2)cc1. The van der Waals surface area contributed by atoms with E-state index in [-0.39, 0.29) is 23.5 Å². The van der Waals surface area contributed by atoms with Crippen molar-refractivity contribution in [2.45, 2.75) is 12.3 Å². The van der Waals surface area contributed by atoms with Gasteiger partial charge < -0.3 is 19.7 Å². The van der Waals surface area contributed by atoms with Gasteiger partial charge >= 0.3 is 17.9 Å². The molecule has 0 spiro atoms. The summed E-state index contributed by atoms with van der Waals surface area (Å²) in [7, 11) is 0. The number of aliphatic carboxylic acids is 1. The fraction of sp³-hybridized carbons (Fsp3) is 0.133. The van der Waals surface area contributed by atoms with Gasteiger partial charge in [-0.15, -0.1) is 0 Å². The Morgan fingerprint density at radius 2 is 1.55 bits per heavy atom. The smallest absolute Gasteiger partial charge is 0.371 e. The largest absolute Gasteiger partial charge is 0.481 e. The molecule has 2 aromatic rings. The fourth-order valence-corrected chi connectivity index (χ4v) is 1.98. The molecule has 1 aromatic heterocycles. The average molecular weight is 304 g/mol.